The second kappa shape index (κ2) is 27.3. The molecular formula is C51H57NO9. The number of unbranched alkanes of at least 4 members (excludes halogenated alkanes) is 9. The number of hydrogen-bond donors (Lipinski definition) is 0. The molecule has 0 saturated carbocycles. The van der Waals surface area contributed by atoms with Crippen LogP contribution in [-0.2, 0) is 14.3 Å². The average molecular weight is 828 g/mol. The zero-order valence-electron chi connectivity index (χ0n) is 35.1. The van der Waals surface area contributed by atoms with Crippen LogP contribution in [0.5, 0.6) is 23.0 Å². The monoisotopic (exact) mass is 827 g/mol. The molecular weight excluding hydrogens is 771 g/mol. The summed E-state index contributed by atoms with van der Waals surface area (Å²) in [6.45, 7) is 8.59. The number of benzene rings is 4. The minimum absolute atomic E-state index is 0.0188. The molecule has 4 rings (SSSR count). The molecule has 0 bridgehead atoms. The van der Waals surface area contributed by atoms with Crippen LogP contribution >= 0.6 is 0 Å². The fourth-order valence-electron chi connectivity index (χ4n) is 6.36. The molecule has 4 aromatic rings. The Labute approximate surface area is 360 Å². The minimum atomic E-state index is -0.595. The highest BCUT2D eigenvalue weighted by atomic mass is 16.5. The summed E-state index contributed by atoms with van der Waals surface area (Å²) in [5.41, 5.74) is 2.89. The van der Waals surface area contributed by atoms with Gasteiger partial charge in [-0.3, -0.25) is 9.59 Å². The van der Waals surface area contributed by atoms with Crippen molar-refractivity contribution in [2.24, 2.45) is 0 Å². The maximum atomic E-state index is 13.3. The van der Waals surface area contributed by atoms with Gasteiger partial charge in [0.1, 0.15) is 28.6 Å². The van der Waals surface area contributed by atoms with E-state index >= 15 is 0 Å². The molecule has 0 aromatic heterocycles. The van der Waals surface area contributed by atoms with Crippen LogP contribution in [0.25, 0.3) is 11.1 Å². The topological polar surface area (TPSA) is 138 Å². The smallest absolute Gasteiger partial charge is 0.343 e. The van der Waals surface area contributed by atoms with E-state index in [1.807, 2.05) is 42.5 Å². The summed E-state index contributed by atoms with van der Waals surface area (Å²) >= 11 is 0. The molecule has 0 aliphatic heterocycles. The van der Waals surface area contributed by atoms with Crippen LogP contribution in [0.1, 0.15) is 116 Å². The zero-order chi connectivity index (χ0) is 43.5. The molecule has 0 N–H and O–H groups in total. The maximum Gasteiger partial charge on any atom is 0.343 e. The van der Waals surface area contributed by atoms with Crippen molar-refractivity contribution in [1.82, 2.24) is 0 Å². The standard InChI is InChI=1S/C51H57NO9/c1-3-42(53)22-14-5-7-16-32-57-44-26-24-40(25-27-44)50(55)61-46-29-31-49(48(37-46)51(56)60-35-19-8-6-15-23-43(54)4-2)59-34-18-10-9-17-33-58-45-28-30-47(41(36-45)38-52)39-20-12-11-13-21-39/h3-4,11-13,20-21,24-31,36-37H,1-2,5-10,14-19,22-23,32-35H2. The summed E-state index contributed by atoms with van der Waals surface area (Å²) in [6.07, 6.45) is 13.6. The lowest BCUT2D eigenvalue weighted by Crippen LogP contribution is -2.12. The number of hydrogen-bond acceptors (Lipinski definition) is 10. The van der Waals surface area contributed by atoms with Crippen LogP contribution in [0.3, 0.4) is 0 Å². The van der Waals surface area contributed by atoms with Crippen molar-refractivity contribution in [2.75, 3.05) is 26.4 Å². The van der Waals surface area contributed by atoms with E-state index < -0.39 is 11.9 Å². The molecule has 10 heteroatoms. The highest BCUT2D eigenvalue weighted by Gasteiger charge is 2.18. The zero-order valence-corrected chi connectivity index (χ0v) is 35.1. The minimum Gasteiger partial charge on any atom is -0.494 e. The van der Waals surface area contributed by atoms with Crippen molar-refractivity contribution >= 4 is 23.5 Å². The number of carbonyl (C=O) groups is 4. The Morgan fingerprint density at radius 1 is 0.541 bits per heavy atom. The molecule has 0 saturated heterocycles. The third-order valence-electron chi connectivity index (χ3n) is 9.83. The normalized spacial score (nSPS) is 10.5. The predicted octanol–water partition coefficient (Wildman–Crippen LogP) is 11.4. The van der Waals surface area contributed by atoms with Crippen LogP contribution in [0.2, 0.25) is 0 Å². The quantitative estimate of drug-likeness (QED) is 0.0216. The molecule has 0 amide bonds. The predicted molar refractivity (Wildman–Crippen MR) is 236 cm³/mol. The van der Waals surface area contributed by atoms with Crippen LogP contribution in [-0.4, -0.2) is 49.9 Å². The number of ether oxygens (including phenoxy) is 5. The van der Waals surface area contributed by atoms with E-state index in [0.717, 1.165) is 81.8 Å². The highest BCUT2D eigenvalue weighted by molar-refractivity contribution is 5.94. The first-order valence-electron chi connectivity index (χ1n) is 21.2. The molecule has 0 fully saturated rings. The Morgan fingerprint density at radius 2 is 1.08 bits per heavy atom. The van der Waals surface area contributed by atoms with E-state index in [0.29, 0.717) is 67.5 Å². The summed E-state index contributed by atoms with van der Waals surface area (Å²) in [5.74, 6) is 0.685. The number of carbonyl (C=O) groups excluding carboxylic acids is 4. The molecule has 0 unspecified atom stereocenters. The number of allylic oxidation sites excluding steroid dienone is 2. The van der Waals surface area contributed by atoms with Crippen LogP contribution < -0.4 is 18.9 Å². The largest absolute Gasteiger partial charge is 0.494 e. The molecule has 320 valence electrons. The van der Waals surface area contributed by atoms with Gasteiger partial charge in [0.25, 0.3) is 0 Å². The van der Waals surface area contributed by atoms with Gasteiger partial charge in [-0.15, -0.1) is 0 Å². The van der Waals surface area contributed by atoms with E-state index in [2.05, 4.69) is 19.2 Å². The highest BCUT2D eigenvalue weighted by Crippen LogP contribution is 2.28. The molecule has 0 spiro atoms. The van der Waals surface area contributed by atoms with E-state index in [-0.39, 0.29) is 29.5 Å². The van der Waals surface area contributed by atoms with Gasteiger partial charge < -0.3 is 23.7 Å². The van der Waals surface area contributed by atoms with Crippen molar-refractivity contribution in [2.45, 2.75) is 89.9 Å². The van der Waals surface area contributed by atoms with E-state index in [9.17, 15) is 24.4 Å². The molecule has 4 aromatic carbocycles. The van der Waals surface area contributed by atoms with Gasteiger partial charge >= 0.3 is 11.9 Å². The number of nitrogens with zero attached hydrogens (tertiary/aromatic N) is 1. The summed E-state index contributed by atoms with van der Waals surface area (Å²) in [5, 5.41) is 9.69. The summed E-state index contributed by atoms with van der Waals surface area (Å²) in [4.78, 5) is 49.2. The first-order valence-corrected chi connectivity index (χ1v) is 21.2. The molecule has 0 heterocycles. The number of nitriles is 1. The van der Waals surface area contributed by atoms with Crippen molar-refractivity contribution in [3.05, 3.63) is 133 Å². The van der Waals surface area contributed by atoms with Crippen molar-refractivity contribution in [3.8, 4) is 40.2 Å². The first-order chi connectivity index (χ1) is 29.8. The SMILES string of the molecule is C=CC(=O)CCCCCCOC(=O)c1cc(OC(=O)c2ccc(OCCCCCCC(=O)C=C)cc2)ccc1OCCCCCCOc1ccc(-c2ccccc2)c(C#N)c1. The fraction of sp³-hybridized carbons (Fsp3) is 0.353. The van der Waals surface area contributed by atoms with Crippen molar-refractivity contribution in [3.63, 3.8) is 0 Å². The van der Waals surface area contributed by atoms with Crippen molar-refractivity contribution in [1.29, 1.82) is 5.26 Å². The molecule has 0 radical (unpaired) electrons. The Kier molecular flexibility index (Phi) is 21.1. The Hall–Kier alpha value is -6.47. The summed E-state index contributed by atoms with van der Waals surface area (Å²) in [6, 6.07) is 29.0. The number of rotatable bonds is 30. The average Bonchev–Trinajstić information content (AvgIpc) is 3.29. The second-order valence-corrected chi connectivity index (χ2v) is 14.5. The van der Waals surface area contributed by atoms with Crippen LogP contribution in [0, 0.1) is 11.3 Å². The van der Waals surface area contributed by atoms with Gasteiger partial charge in [0.05, 0.1) is 43.6 Å². The van der Waals surface area contributed by atoms with Crippen LogP contribution in [0.4, 0.5) is 0 Å². The van der Waals surface area contributed by atoms with Gasteiger partial charge in [0.15, 0.2) is 11.6 Å². The van der Waals surface area contributed by atoms with Gasteiger partial charge in [0, 0.05) is 12.8 Å². The maximum absolute atomic E-state index is 13.3. The lowest BCUT2D eigenvalue weighted by Gasteiger charge is -2.14. The second-order valence-electron chi connectivity index (χ2n) is 14.5. The first kappa shape index (κ1) is 47.2. The molecule has 0 aliphatic carbocycles. The van der Waals surface area contributed by atoms with Crippen LogP contribution in [0.15, 0.2) is 116 Å². The van der Waals surface area contributed by atoms with Crippen molar-refractivity contribution < 1.29 is 42.9 Å². The lowest BCUT2D eigenvalue weighted by molar-refractivity contribution is -0.115. The third-order valence-corrected chi connectivity index (χ3v) is 9.83. The molecule has 0 atom stereocenters. The fourth-order valence-corrected chi connectivity index (χ4v) is 6.36. The van der Waals surface area contributed by atoms with Gasteiger partial charge in [-0.05, 0) is 135 Å². The number of ketones is 2. The number of esters is 2. The third kappa shape index (κ3) is 17.3. The van der Waals surface area contributed by atoms with Gasteiger partial charge in [-0.25, -0.2) is 9.59 Å². The van der Waals surface area contributed by atoms with Gasteiger partial charge in [0.2, 0.25) is 0 Å². The Morgan fingerprint density at radius 3 is 1.69 bits per heavy atom. The molecule has 0 aliphatic rings. The van der Waals surface area contributed by atoms with E-state index in [4.69, 9.17) is 23.7 Å². The molecule has 10 nitrogen and oxygen atoms in total. The lowest BCUT2D eigenvalue weighted by atomic mass is 10.0. The Bertz CT molecular complexity index is 2070. The van der Waals surface area contributed by atoms with Gasteiger partial charge in [-0.1, -0.05) is 69.2 Å². The molecule has 61 heavy (non-hydrogen) atoms. The summed E-state index contributed by atoms with van der Waals surface area (Å²) in [7, 11) is 0. The Balaban J connectivity index is 1.24. The van der Waals surface area contributed by atoms with E-state index in [1.165, 1.54) is 18.2 Å². The summed E-state index contributed by atoms with van der Waals surface area (Å²) < 4.78 is 29.1. The van der Waals surface area contributed by atoms with Gasteiger partial charge in [-0.2, -0.15) is 5.26 Å². The van der Waals surface area contributed by atoms with E-state index in [1.54, 1.807) is 42.5 Å².